The number of amides is 1. The molecule has 1 amide bonds. The average Bonchev–Trinajstić information content (AvgIpc) is 3.69. The number of hydrogen-bond acceptors (Lipinski definition) is 8. The number of para-hydroxylation sites is 1. The number of carbonyl (C=O) groups is 2. The Morgan fingerprint density at radius 3 is 2.34 bits per heavy atom. The number of anilines is 1. The number of nitrogens with zero attached hydrogens (tertiary/aromatic N) is 3. The van der Waals surface area contributed by atoms with Crippen LogP contribution in [0.3, 0.4) is 0 Å². The van der Waals surface area contributed by atoms with E-state index in [9.17, 15) is 23.6 Å². The highest BCUT2D eigenvalue weighted by Crippen LogP contribution is 2.38. The second kappa shape index (κ2) is 17.6. The molecule has 1 aliphatic carbocycles. The number of hydrogen-bond donors (Lipinski definition) is 0. The summed E-state index contributed by atoms with van der Waals surface area (Å²) in [5, 5.41) is 12.1. The molecule has 3 aliphatic heterocycles. The molecule has 15 heteroatoms. The van der Waals surface area contributed by atoms with Crippen LogP contribution in [0.4, 0.5) is 23.7 Å². The summed E-state index contributed by atoms with van der Waals surface area (Å²) in [6, 6.07) is 16.5. The zero-order valence-corrected chi connectivity index (χ0v) is 31.8. The van der Waals surface area contributed by atoms with Crippen molar-refractivity contribution in [2.75, 3.05) is 24.5 Å². The van der Waals surface area contributed by atoms with Crippen LogP contribution < -0.4 is 19.1 Å². The average molecular weight is 815 g/mol. The molecule has 1 saturated carbocycles. The van der Waals surface area contributed by atoms with Gasteiger partial charge in [-0.25, -0.2) is 14.0 Å². The van der Waals surface area contributed by atoms with E-state index < -0.39 is 30.6 Å². The molecule has 4 aliphatic rings. The first-order valence-electron chi connectivity index (χ1n) is 18.6. The molecule has 2 bridgehead atoms. The molecule has 4 heterocycles. The number of rotatable bonds is 13. The first-order valence-corrected chi connectivity index (χ1v) is 19.3. The molecule has 1 unspecified atom stereocenters. The summed E-state index contributed by atoms with van der Waals surface area (Å²) in [5.41, 5.74) is 1.28. The van der Waals surface area contributed by atoms with Gasteiger partial charge in [-0.3, -0.25) is 9.80 Å². The summed E-state index contributed by atoms with van der Waals surface area (Å²) in [4.78, 5) is 31.2. The van der Waals surface area contributed by atoms with Gasteiger partial charge in [-0.05, 0) is 105 Å². The number of pyridine rings is 1. The second-order valence-corrected chi connectivity index (χ2v) is 15.1. The fourth-order valence-corrected chi connectivity index (χ4v) is 8.27. The molecule has 296 valence electrons. The highest BCUT2D eigenvalue weighted by atomic mass is 35.5. The fourth-order valence-electron chi connectivity index (χ4n) is 7.67. The third-order valence-corrected chi connectivity index (χ3v) is 11.2. The maximum Gasteiger partial charge on any atom is 0.415 e. The van der Waals surface area contributed by atoms with Crippen LogP contribution in [0.5, 0.6) is 11.5 Å². The Morgan fingerprint density at radius 2 is 1.66 bits per heavy atom. The van der Waals surface area contributed by atoms with Crippen molar-refractivity contribution in [3.05, 3.63) is 122 Å². The van der Waals surface area contributed by atoms with Gasteiger partial charge in [0.1, 0.15) is 28.1 Å². The van der Waals surface area contributed by atoms with Crippen LogP contribution in [0, 0.1) is 16.9 Å². The molecule has 0 radical (unpaired) electrons. The predicted octanol–water partition coefficient (Wildman–Crippen LogP) is 9.07. The Balaban J connectivity index is 1.16. The number of esters is 1. The lowest BCUT2D eigenvalue weighted by atomic mass is 9.86. The van der Waals surface area contributed by atoms with Crippen molar-refractivity contribution in [1.29, 1.82) is 0 Å². The molecule has 3 aromatic carbocycles. The van der Waals surface area contributed by atoms with Crippen LogP contribution in [0.15, 0.2) is 79.1 Å². The van der Waals surface area contributed by atoms with Gasteiger partial charge in [0.25, 0.3) is 0 Å². The summed E-state index contributed by atoms with van der Waals surface area (Å²) in [6.07, 6.45) is 4.97. The van der Waals surface area contributed by atoms with E-state index in [1.54, 1.807) is 18.2 Å². The maximum absolute atomic E-state index is 15.2. The van der Waals surface area contributed by atoms with Gasteiger partial charge >= 0.3 is 18.7 Å². The number of ether oxygens (including phenoxy) is 4. The summed E-state index contributed by atoms with van der Waals surface area (Å²) >= 11 is 12.9. The molecule has 8 rings (SSSR count). The van der Waals surface area contributed by atoms with Gasteiger partial charge in [-0.2, -0.15) is 13.5 Å². The minimum Gasteiger partial charge on any atom is -0.619 e. The Kier molecular flexibility index (Phi) is 12.4. The highest BCUT2D eigenvalue weighted by molar-refractivity contribution is 6.35. The van der Waals surface area contributed by atoms with Crippen LogP contribution in [-0.2, 0) is 22.4 Å². The quantitative estimate of drug-likeness (QED) is 0.0749. The van der Waals surface area contributed by atoms with Crippen molar-refractivity contribution in [3.8, 4) is 11.5 Å². The van der Waals surface area contributed by atoms with E-state index in [4.69, 9.17) is 42.1 Å². The molecule has 1 aromatic heterocycles. The normalized spacial score (nSPS) is 19.8. The number of aromatic nitrogens is 1. The molecule has 0 spiro atoms. The minimum absolute atomic E-state index is 0.0222. The van der Waals surface area contributed by atoms with Crippen molar-refractivity contribution in [1.82, 2.24) is 4.90 Å². The Bertz CT molecular complexity index is 2020. The Morgan fingerprint density at radius 1 is 0.929 bits per heavy atom. The Labute approximate surface area is 332 Å². The van der Waals surface area contributed by atoms with Crippen LogP contribution in [0.2, 0.25) is 10.0 Å². The topological polar surface area (TPSA) is 104 Å². The van der Waals surface area contributed by atoms with Gasteiger partial charge in [0.2, 0.25) is 0 Å². The minimum atomic E-state index is -3.11. The van der Waals surface area contributed by atoms with Gasteiger partial charge in [0.15, 0.2) is 23.9 Å². The van der Waals surface area contributed by atoms with Gasteiger partial charge in [-0.15, -0.1) is 0 Å². The summed E-state index contributed by atoms with van der Waals surface area (Å²) < 4.78 is 65.4. The van der Waals surface area contributed by atoms with Gasteiger partial charge in [0.05, 0.1) is 23.9 Å². The molecule has 4 fully saturated rings. The maximum atomic E-state index is 15.2. The van der Waals surface area contributed by atoms with Gasteiger partial charge in [-0.1, -0.05) is 53.5 Å². The fraction of sp³-hybridized carbons (Fsp3) is 0.390. The van der Waals surface area contributed by atoms with Crippen molar-refractivity contribution < 1.29 is 46.4 Å². The third kappa shape index (κ3) is 9.45. The largest absolute Gasteiger partial charge is 0.619 e. The lowest BCUT2D eigenvalue weighted by Gasteiger charge is -2.44. The van der Waals surface area contributed by atoms with Crippen LogP contribution in [0.1, 0.15) is 71.7 Å². The van der Waals surface area contributed by atoms with E-state index in [0.717, 1.165) is 64.0 Å². The van der Waals surface area contributed by atoms with Gasteiger partial charge < -0.3 is 24.2 Å². The number of alkyl halides is 2. The first-order chi connectivity index (χ1) is 27.0. The first kappa shape index (κ1) is 39.5. The zero-order chi connectivity index (χ0) is 39.3. The van der Waals surface area contributed by atoms with Crippen LogP contribution in [-0.4, -0.2) is 55.4 Å². The number of fused-ring (bicyclic) bond motifs is 3. The van der Waals surface area contributed by atoms with Crippen molar-refractivity contribution in [2.45, 2.75) is 76.4 Å². The molecule has 4 aromatic rings. The lowest BCUT2D eigenvalue weighted by Crippen LogP contribution is -2.53. The molecule has 56 heavy (non-hydrogen) atoms. The molecule has 3 saturated heterocycles. The van der Waals surface area contributed by atoms with Crippen LogP contribution >= 0.6 is 23.2 Å². The van der Waals surface area contributed by atoms with Gasteiger partial charge in [0, 0.05) is 18.5 Å². The summed E-state index contributed by atoms with van der Waals surface area (Å²) in [5.74, 6) is -1.28. The smallest absolute Gasteiger partial charge is 0.415 e. The molecule has 0 N–H and O–H groups in total. The van der Waals surface area contributed by atoms with Crippen molar-refractivity contribution in [2.24, 2.45) is 5.92 Å². The van der Waals surface area contributed by atoms with E-state index in [1.165, 1.54) is 53.4 Å². The number of carbonyl (C=O) groups excluding carboxylic acids is 2. The van der Waals surface area contributed by atoms with E-state index in [2.05, 4.69) is 4.90 Å². The molecular weight excluding hydrogens is 774 g/mol. The Hall–Kier alpha value is -4.72. The van der Waals surface area contributed by atoms with E-state index in [0.29, 0.717) is 28.0 Å². The van der Waals surface area contributed by atoms with Crippen molar-refractivity contribution >= 4 is 41.0 Å². The SMILES string of the molecule is O=C(OC(Cc1c(Cl)c[n+]([O-])cc1Cl)c1ccc(OC(F)F)c(OC2CCCC2)c1)c1cccc(CN(C(=O)O[C@H]2CN3CCC2CC3)c2ccccc2F)c1. The highest BCUT2D eigenvalue weighted by Gasteiger charge is 2.38. The molecule has 2 atom stereocenters. The monoisotopic (exact) mass is 813 g/mol. The lowest BCUT2D eigenvalue weighted by molar-refractivity contribution is -0.605. The van der Waals surface area contributed by atoms with Crippen molar-refractivity contribution in [3.63, 3.8) is 0 Å². The third-order valence-electron chi connectivity index (χ3n) is 10.6. The van der Waals surface area contributed by atoms with E-state index in [1.807, 2.05) is 0 Å². The standard InChI is InChI=1S/C41H40Cl2F3N3O7/c42-31-22-48(52)23-32(43)30(31)20-36(27-12-13-35(55-40(45)46)37(19-27)53-29-8-1-2-9-29)54-39(50)28-7-5-6-25(18-28)21-49(34-11-4-3-10-33(34)44)41(51)56-38-24-47-16-14-26(38)15-17-47/h3-7,10-13,18-19,22-23,26,29,36,38,40H,1-2,8-9,14-17,20-21,24H2/t36?,38-/m0/s1. The zero-order valence-electron chi connectivity index (χ0n) is 30.3. The molecular formula is C41H40Cl2F3N3O7. The van der Waals surface area contributed by atoms with E-state index >= 15 is 4.39 Å². The predicted molar refractivity (Wildman–Crippen MR) is 202 cm³/mol. The van der Waals surface area contributed by atoms with E-state index in [-0.39, 0.29) is 63.9 Å². The number of halogens is 5. The molecule has 10 nitrogen and oxygen atoms in total. The number of piperidine rings is 3. The van der Waals surface area contributed by atoms with Crippen LogP contribution in [0.25, 0.3) is 0 Å². The summed E-state index contributed by atoms with van der Waals surface area (Å²) in [7, 11) is 0. The number of benzene rings is 3. The second-order valence-electron chi connectivity index (χ2n) is 14.3. The summed E-state index contributed by atoms with van der Waals surface area (Å²) in [6.45, 7) is -0.692.